The highest BCUT2D eigenvalue weighted by Crippen LogP contribution is 2.26. The molecule has 2 unspecified atom stereocenters. The van der Waals surface area contributed by atoms with E-state index < -0.39 is 0 Å². The smallest absolute Gasteiger partial charge is 0.0604 e. The summed E-state index contributed by atoms with van der Waals surface area (Å²) in [7, 11) is 0. The molecule has 2 heteroatoms. The molecule has 0 saturated heterocycles. The predicted molar refractivity (Wildman–Crippen MR) is 74.1 cm³/mol. The van der Waals surface area contributed by atoms with Crippen LogP contribution in [0.4, 0.5) is 0 Å². The SMILES string of the molecule is CCCNC(c1ncccc1C)C(C)CCC. The second-order valence-corrected chi connectivity index (χ2v) is 4.90. The first-order valence-electron chi connectivity index (χ1n) is 6.85. The molecule has 96 valence electrons. The highest BCUT2D eigenvalue weighted by Gasteiger charge is 2.20. The maximum absolute atomic E-state index is 4.57. The number of hydrogen-bond acceptors (Lipinski definition) is 2. The van der Waals surface area contributed by atoms with Gasteiger partial charge in [0.05, 0.1) is 11.7 Å². The van der Waals surface area contributed by atoms with Crippen molar-refractivity contribution in [3.63, 3.8) is 0 Å². The molecule has 1 N–H and O–H groups in total. The monoisotopic (exact) mass is 234 g/mol. The number of nitrogens with zero attached hydrogens (tertiary/aromatic N) is 1. The number of nitrogens with one attached hydrogen (secondary N) is 1. The Kier molecular flexibility index (Phi) is 6.20. The van der Waals surface area contributed by atoms with E-state index in [1.54, 1.807) is 0 Å². The van der Waals surface area contributed by atoms with Crippen LogP contribution in [0.5, 0.6) is 0 Å². The van der Waals surface area contributed by atoms with Gasteiger partial charge >= 0.3 is 0 Å². The van der Waals surface area contributed by atoms with Gasteiger partial charge in [-0.25, -0.2) is 0 Å². The average molecular weight is 234 g/mol. The number of hydrogen-bond donors (Lipinski definition) is 1. The Labute approximate surface area is 106 Å². The fourth-order valence-electron chi connectivity index (χ4n) is 2.31. The van der Waals surface area contributed by atoms with Crippen molar-refractivity contribution in [2.24, 2.45) is 5.92 Å². The molecular weight excluding hydrogens is 208 g/mol. The third-order valence-corrected chi connectivity index (χ3v) is 3.27. The molecule has 0 saturated carbocycles. The number of aryl methyl sites for hydroxylation is 1. The quantitative estimate of drug-likeness (QED) is 0.774. The fourth-order valence-corrected chi connectivity index (χ4v) is 2.31. The molecule has 1 heterocycles. The van der Waals surface area contributed by atoms with Gasteiger partial charge in [-0.15, -0.1) is 0 Å². The molecule has 1 rings (SSSR count). The molecule has 0 aromatic carbocycles. The van der Waals surface area contributed by atoms with E-state index in [2.05, 4.69) is 44.1 Å². The maximum atomic E-state index is 4.57. The standard InChI is InChI=1S/C15H26N2/c1-5-8-12(3)14(16-10-6-2)15-13(4)9-7-11-17-15/h7,9,11-12,14,16H,5-6,8,10H2,1-4H3. The van der Waals surface area contributed by atoms with Crippen LogP contribution >= 0.6 is 0 Å². The fraction of sp³-hybridized carbons (Fsp3) is 0.667. The summed E-state index contributed by atoms with van der Waals surface area (Å²) in [6, 6.07) is 4.57. The summed E-state index contributed by atoms with van der Waals surface area (Å²) in [6.07, 6.45) is 5.55. The second kappa shape index (κ2) is 7.44. The van der Waals surface area contributed by atoms with Gasteiger partial charge < -0.3 is 5.32 Å². The van der Waals surface area contributed by atoms with Crippen LogP contribution in [0.15, 0.2) is 18.3 Å². The summed E-state index contributed by atoms with van der Waals surface area (Å²) >= 11 is 0. The highest BCUT2D eigenvalue weighted by atomic mass is 14.9. The largest absolute Gasteiger partial charge is 0.308 e. The Morgan fingerprint density at radius 1 is 1.29 bits per heavy atom. The van der Waals surface area contributed by atoms with Crippen LogP contribution < -0.4 is 5.32 Å². The normalized spacial score (nSPS) is 14.6. The summed E-state index contributed by atoms with van der Waals surface area (Å²) in [6.45, 7) is 10.00. The molecule has 2 nitrogen and oxygen atoms in total. The molecular formula is C15H26N2. The van der Waals surface area contributed by atoms with E-state index in [9.17, 15) is 0 Å². The Bertz CT molecular complexity index is 322. The third kappa shape index (κ3) is 4.12. The average Bonchev–Trinajstić information content (AvgIpc) is 2.32. The molecule has 17 heavy (non-hydrogen) atoms. The van der Waals surface area contributed by atoms with Gasteiger partial charge in [0, 0.05) is 6.20 Å². The van der Waals surface area contributed by atoms with Crippen LogP contribution in [0.1, 0.15) is 57.3 Å². The van der Waals surface area contributed by atoms with E-state index in [1.165, 1.54) is 30.5 Å². The molecule has 0 aliphatic carbocycles. The zero-order chi connectivity index (χ0) is 12.7. The Morgan fingerprint density at radius 2 is 2.06 bits per heavy atom. The Hall–Kier alpha value is -0.890. The molecule has 0 radical (unpaired) electrons. The molecule has 0 aliphatic heterocycles. The van der Waals surface area contributed by atoms with Crippen LogP contribution in [-0.2, 0) is 0 Å². The molecule has 0 bridgehead atoms. The van der Waals surface area contributed by atoms with Crippen molar-refractivity contribution >= 4 is 0 Å². The number of pyridine rings is 1. The van der Waals surface area contributed by atoms with Crippen LogP contribution in [0, 0.1) is 12.8 Å². The molecule has 0 amide bonds. The number of rotatable bonds is 7. The van der Waals surface area contributed by atoms with E-state index in [0.717, 1.165) is 6.54 Å². The Balaban J connectivity index is 2.85. The summed E-state index contributed by atoms with van der Waals surface area (Å²) in [5, 5.41) is 3.65. The van der Waals surface area contributed by atoms with Crippen molar-refractivity contribution < 1.29 is 0 Å². The van der Waals surface area contributed by atoms with Crippen LogP contribution in [-0.4, -0.2) is 11.5 Å². The van der Waals surface area contributed by atoms with Crippen LogP contribution in [0.25, 0.3) is 0 Å². The molecule has 0 spiro atoms. The van der Waals surface area contributed by atoms with Crippen molar-refractivity contribution in [2.45, 2.75) is 53.0 Å². The van der Waals surface area contributed by atoms with Crippen molar-refractivity contribution in [2.75, 3.05) is 6.54 Å². The van der Waals surface area contributed by atoms with E-state index in [4.69, 9.17) is 0 Å². The van der Waals surface area contributed by atoms with Crippen LogP contribution in [0.3, 0.4) is 0 Å². The Morgan fingerprint density at radius 3 is 2.65 bits per heavy atom. The van der Waals surface area contributed by atoms with Gasteiger partial charge in [0.2, 0.25) is 0 Å². The van der Waals surface area contributed by atoms with Crippen molar-refractivity contribution in [3.8, 4) is 0 Å². The first-order chi connectivity index (χ1) is 8.20. The first kappa shape index (κ1) is 14.2. The van der Waals surface area contributed by atoms with Gasteiger partial charge in [-0.3, -0.25) is 4.98 Å². The summed E-state index contributed by atoms with van der Waals surface area (Å²) < 4.78 is 0. The van der Waals surface area contributed by atoms with Crippen molar-refractivity contribution in [1.29, 1.82) is 0 Å². The van der Waals surface area contributed by atoms with Gasteiger partial charge in [-0.1, -0.05) is 33.3 Å². The molecule has 1 aromatic rings. The van der Waals surface area contributed by atoms with Crippen LogP contribution in [0.2, 0.25) is 0 Å². The first-order valence-corrected chi connectivity index (χ1v) is 6.85. The summed E-state index contributed by atoms with van der Waals surface area (Å²) in [5.74, 6) is 0.639. The predicted octanol–water partition coefficient (Wildman–Crippen LogP) is 3.87. The van der Waals surface area contributed by atoms with E-state index in [1.807, 2.05) is 12.3 Å². The molecule has 0 aliphatic rings. The zero-order valence-corrected chi connectivity index (χ0v) is 11.7. The minimum atomic E-state index is 0.399. The topological polar surface area (TPSA) is 24.9 Å². The van der Waals surface area contributed by atoms with Gasteiger partial charge in [0.15, 0.2) is 0 Å². The van der Waals surface area contributed by atoms with Gasteiger partial charge in [0.1, 0.15) is 0 Å². The summed E-state index contributed by atoms with van der Waals surface area (Å²) in [5.41, 5.74) is 2.52. The second-order valence-electron chi connectivity index (χ2n) is 4.90. The lowest BCUT2D eigenvalue weighted by Gasteiger charge is -2.25. The molecule has 1 aromatic heterocycles. The lowest BCUT2D eigenvalue weighted by molar-refractivity contribution is 0.355. The minimum Gasteiger partial charge on any atom is -0.308 e. The van der Waals surface area contributed by atoms with E-state index >= 15 is 0 Å². The molecule has 2 atom stereocenters. The minimum absolute atomic E-state index is 0.399. The van der Waals surface area contributed by atoms with Gasteiger partial charge in [-0.05, 0) is 43.9 Å². The van der Waals surface area contributed by atoms with E-state index in [0.29, 0.717) is 12.0 Å². The summed E-state index contributed by atoms with van der Waals surface area (Å²) in [4.78, 5) is 4.57. The zero-order valence-electron chi connectivity index (χ0n) is 11.7. The number of aromatic nitrogens is 1. The maximum Gasteiger partial charge on any atom is 0.0604 e. The van der Waals surface area contributed by atoms with Crippen molar-refractivity contribution in [3.05, 3.63) is 29.6 Å². The lowest BCUT2D eigenvalue weighted by Crippen LogP contribution is -2.29. The van der Waals surface area contributed by atoms with Gasteiger partial charge in [-0.2, -0.15) is 0 Å². The van der Waals surface area contributed by atoms with Gasteiger partial charge in [0.25, 0.3) is 0 Å². The molecule has 0 fully saturated rings. The van der Waals surface area contributed by atoms with E-state index in [-0.39, 0.29) is 0 Å². The third-order valence-electron chi connectivity index (χ3n) is 3.27. The van der Waals surface area contributed by atoms with Crippen molar-refractivity contribution in [1.82, 2.24) is 10.3 Å². The highest BCUT2D eigenvalue weighted by molar-refractivity contribution is 5.21. The lowest BCUT2D eigenvalue weighted by atomic mass is 9.92.